The van der Waals surface area contributed by atoms with Gasteiger partial charge in [0.1, 0.15) is 0 Å². The van der Waals surface area contributed by atoms with Crippen LogP contribution < -0.4 is 11.1 Å². The molecule has 3 N–H and O–H groups in total. The van der Waals surface area contributed by atoms with E-state index < -0.39 is 9.84 Å². The summed E-state index contributed by atoms with van der Waals surface area (Å²) in [6, 6.07) is 6.62. The normalized spacial score (nSPS) is 21.7. The molecule has 1 aromatic carbocycles. The smallest absolute Gasteiger partial charge is 0.251 e. The van der Waals surface area contributed by atoms with Gasteiger partial charge in [0.15, 0.2) is 9.84 Å². The first kappa shape index (κ1) is 12.9. The van der Waals surface area contributed by atoms with Crippen molar-refractivity contribution in [3.05, 3.63) is 29.8 Å². The molecule has 0 radical (unpaired) electrons. The minimum atomic E-state index is -2.88. The second kappa shape index (κ2) is 4.97. The van der Waals surface area contributed by atoms with Gasteiger partial charge in [0.25, 0.3) is 5.91 Å². The number of nitrogens with two attached hydrogens (primary N) is 1. The first-order valence-corrected chi connectivity index (χ1v) is 7.62. The first-order chi connectivity index (χ1) is 8.46. The monoisotopic (exact) mass is 268 g/mol. The number of anilines is 1. The van der Waals surface area contributed by atoms with Crippen molar-refractivity contribution in [1.29, 1.82) is 0 Å². The molecule has 1 atom stereocenters. The van der Waals surface area contributed by atoms with Gasteiger partial charge in [0.2, 0.25) is 0 Å². The predicted molar refractivity (Wildman–Crippen MR) is 69.9 cm³/mol. The van der Waals surface area contributed by atoms with Gasteiger partial charge >= 0.3 is 0 Å². The number of amides is 1. The molecule has 0 saturated carbocycles. The van der Waals surface area contributed by atoms with Crippen molar-refractivity contribution in [3.63, 3.8) is 0 Å². The summed E-state index contributed by atoms with van der Waals surface area (Å²) < 4.78 is 22.5. The fourth-order valence-corrected chi connectivity index (χ4v) is 3.87. The lowest BCUT2D eigenvalue weighted by molar-refractivity contribution is 0.0948. The third-order valence-corrected chi connectivity index (χ3v) is 4.89. The van der Waals surface area contributed by atoms with Gasteiger partial charge in [-0.3, -0.25) is 4.79 Å². The summed E-state index contributed by atoms with van der Waals surface area (Å²) in [4.78, 5) is 11.8. The minimum absolute atomic E-state index is 0.0349. The number of carbonyl (C=O) groups excluding carboxylic acids is 1. The number of rotatable bonds is 3. The Bertz CT molecular complexity index is 537. The lowest BCUT2D eigenvalue weighted by Crippen LogP contribution is -2.29. The van der Waals surface area contributed by atoms with Crippen LogP contribution >= 0.6 is 0 Å². The van der Waals surface area contributed by atoms with Crippen LogP contribution in [0.3, 0.4) is 0 Å². The molecule has 1 aliphatic rings. The van der Waals surface area contributed by atoms with Crippen molar-refractivity contribution in [3.8, 4) is 0 Å². The molecule has 0 bridgehead atoms. The molecule has 1 aromatic rings. The van der Waals surface area contributed by atoms with Gasteiger partial charge in [-0.25, -0.2) is 8.42 Å². The van der Waals surface area contributed by atoms with E-state index in [9.17, 15) is 13.2 Å². The molecule has 1 aliphatic heterocycles. The van der Waals surface area contributed by atoms with E-state index in [1.54, 1.807) is 24.3 Å². The highest BCUT2D eigenvalue weighted by Crippen LogP contribution is 2.17. The summed E-state index contributed by atoms with van der Waals surface area (Å²) >= 11 is 0. The fraction of sp³-hybridized carbons (Fsp3) is 0.417. The van der Waals surface area contributed by atoms with Crippen LogP contribution in [0, 0.1) is 5.92 Å². The van der Waals surface area contributed by atoms with E-state index in [0.717, 1.165) is 0 Å². The molecule has 1 unspecified atom stereocenters. The van der Waals surface area contributed by atoms with E-state index in [-0.39, 0.29) is 23.3 Å². The Kier molecular flexibility index (Phi) is 3.56. The third-order valence-electron chi connectivity index (χ3n) is 3.05. The number of hydrogen-bond donors (Lipinski definition) is 2. The fourth-order valence-electron chi connectivity index (χ4n) is 2.01. The summed E-state index contributed by atoms with van der Waals surface area (Å²) in [6.07, 6.45) is 0.629. The molecule has 6 heteroatoms. The number of carbonyl (C=O) groups is 1. The van der Waals surface area contributed by atoms with Crippen molar-refractivity contribution >= 4 is 21.4 Å². The summed E-state index contributed by atoms with van der Waals surface area (Å²) in [6.45, 7) is 0.405. The maximum absolute atomic E-state index is 11.8. The van der Waals surface area contributed by atoms with E-state index >= 15 is 0 Å². The molecule has 0 aliphatic carbocycles. The maximum atomic E-state index is 11.8. The Morgan fingerprint density at radius 1 is 1.33 bits per heavy atom. The Morgan fingerprint density at radius 3 is 2.56 bits per heavy atom. The van der Waals surface area contributed by atoms with E-state index in [0.29, 0.717) is 24.2 Å². The predicted octanol–water partition coefficient (Wildman–Crippen LogP) is 0.433. The first-order valence-electron chi connectivity index (χ1n) is 5.80. The topological polar surface area (TPSA) is 89.3 Å². The van der Waals surface area contributed by atoms with Gasteiger partial charge in [-0.15, -0.1) is 0 Å². The summed E-state index contributed by atoms with van der Waals surface area (Å²) in [7, 11) is -2.88. The summed E-state index contributed by atoms with van der Waals surface area (Å²) in [5.41, 5.74) is 6.67. The van der Waals surface area contributed by atoms with Crippen molar-refractivity contribution in [2.24, 2.45) is 5.92 Å². The molecule has 0 spiro atoms. The van der Waals surface area contributed by atoms with Crippen molar-refractivity contribution in [2.75, 3.05) is 23.8 Å². The van der Waals surface area contributed by atoms with Crippen LogP contribution in [0.4, 0.5) is 5.69 Å². The Labute approximate surface area is 106 Å². The molecule has 1 amide bonds. The van der Waals surface area contributed by atoms with Gasteiger partial charge in [0, 0.05) is 17.8 Å². The highest BCUT2D eigenvalue weighted by molar-refractivity contribution is 7.91. The molecular formula is C12H16N2O3S. The Morgan fingerprint density at radius 2 is 2.00 bits per heavy atom. The number of nitrogens with one attached hydrogen (secondary N) is 1. The molecule has 0 aromatic heterocycles. The van der Waals surface area contributed by atoms with Gasteiger partial charge < -0.3 is 11.1 Å². The van der Waals surface area contributed by atoms with Crippen LogP contribution in [-0.4, -0.2) is 32.4 Å². The van der Waals surface area contributed by atoms with E-state index in [1.165, 1.54) is 0 Å². The third kappa shape index (κ3) is 3.22. The Hall–Kier alpha value is -1.56. The van der Waals surface area contributed by atoms with E-state index in [2.05, 4.69) is 5.32 Å². The molecule has 98 valence electrons. The van der Waals surface area contributed by atoms with Gasteiger partial charge in [-0.2, -0.15) is 0 Å². The van der Waals surface area contributed by atoms with Gasteiger partial charge in [0.05, 0.1) is 11.5 Å². The van der Waals surface area contributed by atoms with Crippen LogP contribution in [0.25, 0.3) is 0 Å². The average molecular weight is 268 g/mol. The molecular weight excluding hydrogens is 252 g/mol. The summed E-state index contributed by atoms with van der Waals surface area (Å²) in [5.74, 6) is 0.247. The standard InChI is InChI=1S/C12H16N2O3S/c13-11-3-1-10(2-4-11)12(15)14-7-9-5-6-18(16,17)8-9/h1-4,9H,5-8,13H2,(H,14,15). The van der Waals surface area contributed by atoms with Gasteiger partial charge in [-0.05, 0) is 36.6 Å². The minimum Gasteiger partial charge on any atom is -0.399 e. The molecule has 1 saturated heterocycles. The quantitative estimate of drug-likeness (QED) is 0.778. The molecule has 2 rings (SSSR count). The highest BCUT2D eigenvalue weighted by Gasteiger charge is 2.27. The SMILES string of the molecule is Nc1ccc(C(=O)NCC2CCS(=O)(=O)C2)cc1. The second-order valence-corrected chi connectivity index (χ2v) is 6.83. The number of nitrogen functional groups attached to an aromatic ring is 1. The van der Waals surface area contributed by atoms with Crippen molar-refractivity contribution < 1.29 is 13.2 Å². The second-order valence-electron chi connectivity index (χ2n) is 4.60. The molecule has 5 nitrogen and oxygen atoms in total. The zero-order valence-electron chi connectivity index (χ0n) is 9.93. The van der Waals surface area contributed by atoms with Crippen LogP contribution in [0.2, 0.25) is 0 Å². The summed E-state index contributed by atoms with van der Waals surface area (Å²) in [5, 5.41) is 2.75. The number of benzene rings is 1. The zero-order valence-corrected chi connectivity index (χ0v) is 10.7. The number of sulfone groups is 1. The van der Waals surface area contributed by atoms with Crippen LogP contribution in [0.5, 0.6) is 0 Å². The Balaban J connectivity index is 1.87. The largest absolute Gasteiger partial charge is 0.399 e. The van der Waals surface area contributed by atoms with Crippen LogP contribution in [-0.2, 0) is 9.84 Å². The van der Waals surface area contributed by atoms with Crippen LogP contribution in [0.15, 0.2) is 24.3 Å². The molecule has 1 fully saturated rings. The number of hydrogen-bond acceptors (Lipinski definition) is 4. The van der Waals surface area contributed by atoms with E-state index in [1.807, 2.05) is 0 Å². The average Bonchev–Trinajstić information content (AvgIpc) is 2.67. The zero-order chi connectivity index (χ0) is 13.2. The molecule has 18 heavy (non-hydrogen) atoms. The van der Waals surface area contributed by atoms with E-state index in [4.69, 9.17) is 5.73 Å². The van der Waals surface area contributed by atoms with Crippen molar-refractivity contribution in [1.82, 2.24) is 5.32 Å². The highest BCUT2D eigenvalue weighted by atomic mass is 32.2. The lowest BCUT2D eigenvalue weighted by Gasteiger charge is -2.09. The van der Waals surface area contributed by atoms with Crippen LogP contribution in [0.1, 0.15) is 16.8 Å². The molecule has 1 heterocycles. The lowest BCUT2D eigenvalue weighted by atomic mass is 10.1. The van der Waals surface area contributed by atoms with Crippen molar-refractivity contribution in [2.45, 2.75) is 6.42 Å². The van der Waals surface area contributed by atoms with Gasteiger partial charge in [-0.1, -0.05) is 0 Å². The maximum Gasteiger partial charge on any atom is 0.251 e.